The van der Waals surface area contributed by atoms with Crippen molar-refractivity contribution in [1.29, 1.82) is 0 Å². The van der Waals surface area contributed by atoms with Gasteiger partial charge in [-0.25, -0.2) is 4.39 Å². The molecule has 3 rings (SSSR count). The second kappa shape index (κ2) is 7.08. The number of aromatic nitrogens is 2. The number of hydrogen-bond acceptors (Lipinski definition) is 2. The van der Waals surface area contributed by atoms with Gasteiger partial charge >= 0.3 is 0 Å². The van der Waals surface area contributed by atoms with E-state index in [1.165, 1.54) is 6.07 Å². The van der Waals surface area contributed by atoms with Crippen LogP contribution in [0.3, 0.4) is 0 Å². The van der Waals surface area contributed by atoms with Crippen molar-refractivity contribution in [2.75, 3.05) is 0 Å². The normalized spacial score (nSPS) is 10.6. The number of carbonyl (C=O) groups is 1. The molecule has 122 valence electrons. The minimum Gasteiger partial charge on any atom is -0.348 e. The number of aryl methyl sites for hydroxylation is 1. The first-order valence-electron chi connectivity index (χ1n) is 7.71. The van der Waals surface area contributed by atoms with Crippen molar-refractivity contribution in [3.8, 4) is 0 Å². The van der Waals surface area contributed by atoms with Gasteiger partial charge in [0.25, 0.3) is 5.91 Å². The molecule has 0 spiro atoms. The minimum absolute atomic E-state index is 0.198. The Morgan fingerprint density at radius 2 is 1.96 bits per heavy atom. The second-order valence-corrected chi connectivity index (χ2v) is 5.68. The van der Waals surface area contributed by atoms with Gasteiger partial charge in [0.2, 0.25) is 0 Å². The van der Waals surface area contributed by atoms with Crippen molar-refractivity contribution in [1.82, 2.24) is 15.1 Å². The molecule has 0 aliphatic carbocycles. The Balaban J connectivity index is 1.60. The third kappa shape index (κ3) is 3.87. The summed E-state index contributed by atoms with van der Waals surface area (Å²) in [5.74, 6) is -0.441. The molecule has 5 heteroatoms. The highest BCUT2D eigenvalue weighted by atomic mass is 19.1. The standard InChI is InChI=1S/C19H18FN3O/c1-14-9-16(7-8-18(14)20)10-21-19(24)17-11-22-23(13-17)12-15-5-3-2-4-6-15/h2-9,11,13H,10,12H2,1H3,(H,21,24). The maximum Gasteiger partial charge on any atom is 0.254 e. The summed E-state index contributed by atoms with van der Waals surface area (Å²) < 4.78 is 15.0. The lowest BCUT2D eigenvalue weighted by Gasteiger charge is -2.05. The third-order valence-electron chi connectivity index (χ3n) is 3.76. The van der Waals surface area contributed by atoms with E-state index in [9.17, 15) is 9.18 Å². The molecule has 0 aliphatic heterocycles. The number of nitrogens with zero attached hydrogens (tertiary/aromatic N) is 2. The SMILES string of the molecule is Cc1cc(CNC(=O)c2cnn(Cc3ccccc3)c2)ccc1F. The summed E-state index contributed by atoms with van der Waals surface area (Å²) in [4.78, 5) is 12.2. The van der Waals surface area contributed by atoms with Crippen LogP contribution in [0.25, 0.3) is 0 Å². The van der Waals surface area contributed by atoms with Crippen LogP contribution >= 0.6 is 0 Å². The molecule has 1 N–H and O–H groups in total. The van der Waals surface area contributed by atoms with Crippen molar-refractivity contribution >= 4 is 5.91 Å². The van der Waals surface area contributed by atoms with Crippen LogP contribution in [0.4, 0.5) is 4.39 Å². The Morgan fingerprint density at radius 1 is 1.17 bits per heavy atom. The number of nitrogens with one attached hydrogen (secondary N) is 1. The van der Waals surface area contributed by atoms with Crippen LogP contribution in [0.15, 0.2) is 60.9 Å². The summed E-state index contributed by atoms with van der Waals surface area (Å²) in [6.45, 7) is 2.67. The van der Waals surface area contributed by atoms with Gasteiger partial charge in [-0.15, -0.1) is 0 Å². The van der Waals surface area contributed by atoms with Gasteiger partial charge in [-0.1, -0.05) is 42.5 Å². The van der Waals surface area contributed by atoms with Gasteiger partial charge < -0.3 is 5.32 Å². The molecule has 24 heavy (non-hydrogen) atoms. The second-order valence-electron chi connectivity index (χ2n) is 5.68. The lowest BCUT2D eigenvalue weighted by atomic mass is 10.1. The van der Waals surface area contributed by atoms with E-state index in [0.717, 1.165) is 11.1 Å². The first-order valence-corrected chi connectivity index (χ1v) is 7.71. The average Bonchev–Trinajstić information content (AvgIpc) is 3.05. The lowest BCUT2D eigenvalue weighted by Crippen LogP contribution is -2.22. The summed E-state index contributed by atoms with van der Waals surface area (Å²) in [5, 5.41) is 7.04. The number of rotatable bonds is 5. The summed E-state index contributed by atoms with van der Waals surface area (Å²) in [5.41, 5.74) is 3.05. The molecule has 1 aromatic heterocycles. The van der Waals surface area contributed by atoms with Crippen LogP contribution in [0.5, 0.6) is 0 Å². The highest BCUT2D eigenvalue weighted by Crippen LogP contribution is 2.09. The predicted molar refractivity (Wildman–Crippen MR) is 90.1 cm³/mol. The largest absolute Gasteiger partial charge is 0.348 e. The monoisotopic (exact) mass is 323 g/mol. The van der Waals surface area contributed by atoms with Crippen LogP contribution in [0, 0.1) is 12.7 Å². The average molecular weight is 323 g/mol. The Bertz CT molecular complexity index is 843. The lowest BCUT2D eigenvalue weighted by molar-refractivity contribution is 0.0951. The van der Waals surface area contributed by atoms with E-state index in [-0.39, 0.29) is 11.7 Å². The zero-order chi connectivity index (χ0) is 16.9. The van der Waals surface area contributed by atoms with E-state index in [1.807, 2.05) is 30.3 Å². The first kappa shape index (κ1) is 15.9. The van der Waals surface area contributed by atoms with Crippen molar-refractivity contribution in [2.24, 2.45) is 0 Å². The van der Waals surface area contributed by atoms with Gasteiger partial charge in [0, 0.05) is 12.7 Å². The number of hydrogen-bond donors (Lipinski definition) is 1. The van der Waals surface area contributed by atoms with Crippen molar-refractivity contribution in [2.45, 2.75) is 20.0 Å². The van der Waals surface area contributed by atoms with Crippen LogP contribution in [0.1, 0.15) is 27.0 Å². The highest BCUT2D eigenvalue weighted by molar-refractivity contribution is 5.93. The smallest absolute Gasteiger partial charge is 0.254 e. The van der Waals surface area contributed by atoms with Gasteiger partial charge in [-0.3, -0.25) is 9.48 Å². The number of halogens is 1. The fraction of sp³-hybridized carbons (Fsp3) is 0.158. The highest BCUT2D eigenvalue weighted by Gasteiger charge is 2.09. The van der Waals surface area contributed by atoms with Gasteiger partial charge in [-0.2, -0.15) is 5.10 Å². The van der Waals surface area contributed by atoms with Crippen LogP contribution in [0.2, 0.25) is 0 Å². The molecule has 0 saturated carbocycles. The summed E-state index contributed by atoms with van der Waals surface area (Å²) >= 11 is 0. The molecule has 0 radical (unpaired) electrons. The van der Waals surface area contributed by atoms with Crippen LogP contribution in [-0.2, 0) is 13.1 Å². The maximum absolute atomic E-state index is 13.2. The fourth-order valence-corrected chi connectivity index (χ4v) is 2.44. The van der Waals surface area contributed by atoms with Crippen molar-refractivity contribution < 1.29 is 9.18 Å². The van der Waals surface area contributed by atoms with Gasteiger partial charge in [0.15, 0.2) is 0 Å². The summed E-state index contributed by atoms with van der Waals surface area (Å²) in [6, 6.07) is 14.7. The Kier molecular flexibility index (Phi) is 4.70. The van der Waals surface area contributed by atoms with E-state index in [4.69, 9.17) is 0 Å². The molecular formula is C19H18FN3O. The van der Waals surface area contributed by atoms with E-state index >= 15 is 0 Å². The molecule has 0 saturated heterocycles. The maximum atomic E-state index is 13.2. The Hall–Kier alpha value is -2.95. The topological polar surface area (TPSA) is 46.9 Å². The first-order chi connectivity index (χ1) is 11.6. The number of benzene rings is 2. The molecule has 0 aliphatic rings. The van der Waals surface area contributed by atoms with Gasteiger partial charge in [-0.05, 0) is 29.7 Å². The van der Waals surface area contributed by atoms with Gasteiger partial charge in [0.1, 0.15) is 5.82 Å². The van der Waals surface area contributed by atoms with Gasteiger partial charge in [0.05, 0.1) is 18.3 Å². The van der Waals surface area contributed by atoms with Crippen LogP contribution < -0.4 is 5.32 Å². The minimum atomic E-state index is -0.243. The zero-order valence-corrected chi connectivity index (χ0v) is 13.4. The molecule has 2 aromatic carbocycles. The van der Waals surface area contributed by atoms with E-state index in [0.29, 0.717) is 24.2 Å². The molecule has 0 bridgehead atoms. The van der Waals surface area contributed by atoms with E-state index in [2.05, 4.69) is 10.4 Å². The zero-order valence-electron chi connectivity index (χ0n) is 13.4. The predicted octanol–water partition coefficient (Wildman–Crippen LogP) is 3.31. The van der Waals surface area contributed by atoms with Crippen molar-refractivity contribution in [3.05, 3.63) is 89.0 Å². The van der Waals surface area contributed by atoms with Crippen LogP contribution in [-0.4, -0.2) is 15.7 Å². The summed E-state index contributed by atoms with van der Waals surface area (Å²) in [7, 11) is 0. The number of amides is 1. The fourth-order valence-electron chi connectivity index (χ4n) is 2.44. The van der Waals surface area contributed by atoms with E-state index < -0.39 is 0 Å². The molecule has 3 aromatic rings. The Labute approximate surface area is 139 Å². The quantitative estimate of drug-likeness (QED) is 0.783. The number of carbonyl (C=O) groups excluding carboxylic acids is 1. The molecule has 0 atom stereocenters. The van der Waals surface area contributed by atoms with E-state index in [1.54, 1.807) is 36.1 Å². The molecule has 1 heterocycles. The Morgan fingerprint density at radius 3 is 2.71 bits per heavy atom. The molecular weight excluding hydrogens is 305 g/mol. The molecule has 1 amide bonds. The molecule has 0 unspecified atom stereocenters. The summed E-state index contributed by atoms with van der Waals surface area (Å²) in [6.07, 6.45) is 3.27. The molecule has 4 nitrogen and oxygen atoms in total. The van der Waals surface area contributed by atoms with Crippen molar-refractivity contribution in [3.63, 3.8) is 0 Å². The third-order valence-corrected chi connectivity index (χ3v) is 3.76. The molecule has 0 fully saturated rings.